The van der Waals surface area contributed by atoms with Gasteiger partial charge in [0.15, 0.2) is 0 Å². The molecule has 1 N–H and O–H groups in total. The highest BCUT2D eigenvalue weighted by Gasteiger charge is 2.38. The Hall–Kier alpha value is -1.83. The number of amides is 3. The van der Waals surface area contributed by atoms with Crippen LogP contribution in [-0.4, -0.2) is 44.8 Å². The van der Waals surface area contributed by atoms with Gasteiger partial charge in [0, 0.05) is 5.41 Å². The molecule has 1 aliphatic heterocycles. The molecule has 8 heteroatoms. The molecular formula is C13H18N4O3S. The highest BCUT2D eigenvalue weighted by atomic mass is 32.1. The molecule has 1 unspecified atom stereocenters. The van der Waals surface area contributed by atoms with Crippen molar-refractivity contribution in [3.05, 3.63) is 10.6 Å². The van der Waals surface area contributed by atoms with Gasteiger partial charge in [-0.15, -0.1) is 5.10 Å². The summed E-state index contributed by atoms with van der Waals surface area (Å²) in [5.74, 6) is -1.25. The van der Waals surface area contributed by atoms with Gasteiger partial charge in [0.05, 0.1) is 5.69 Å². The van der Waals surface area contributed by atoms with Gasteiger partial charge in [0.25, 0.3) is 5.91 Å². The number of nitrogens with zero attached hydrogens (tertiary/aromatic N) is 3. The van der Waals surface area contributed by atoms with Gasteiger partial charge in [-0.05, 0) is 18.0 Å². The molecule has 7 nitrogen and oxygen atoms in total. The maximum atomic E-state index is 12.7. The van der Waals surface area contributed by atoms with Crippen LogP contribution in [0.15, 0.2) is 0 Å². The minimum Gasteiger partial charge on any atom is -0.316 e. The number of piperazine rings is 1. The molecule has 0 aromatic carbocycles. The zero-order valence-electron chi connectivity index (χ0n) is 12.5. The average Bonchev–Trinajstić information content (AvgIpc) is 2.86. The van der Waals surface area contributed by atoms with Crippen molar-refractivity contribution in [3.63, 3.8) is 0 Å². The molecular weight excluding hydrogens is 292 g/mol. The smallest absolute Gasteiger partial charge is 0.268 e. The van der Waals surface area contributed by atoms with Crippen molar-refractivity contribution in [2.45, 2.75) is 45.6 Å². The summed E-state index contributed by atoms with van der Waals surface area (Å²) in [5, 5.41) is 6.28. The highest BCUT2D eigenvalue weighted by molar-refractivity contribution is 7.08. The van der Waals surface area contributed by atoms with Gasteiger partial charge in [0.1, 0.15) is 17.5 Å². The normalized spacial score (nSPS) is 19.6. The summed E-state index contributed by atoms with van der Waals surface area (Å²) in [6, 6.07) is -0.634. The summed E-state index contributed by atoms with van der Waals surface area (Å²) in [6.07, 6.45) is 0.446. The number of rotatable bonds is 2. The maximum absolute atomic E-state index is 12.7. The van der Waals surface area contributed by atoms with Crippen LogP contribution in [0.1, 0.15) is 49.5 Å². The van der Waals surface area contributed by atoms with Crippen LogP contribution in [0.4, 0.5) is 0 Å². The van der Waals surface area contributed by atoms with E-state index in [-0.39, 0.29) is 17.9 Å². The highest BCUT2D eigenvalue weighted by Crippen LogP contribution is 2.27. The Kier molecular flexibility index (Phi) is 4.08. The summed E-state index contributed by atoms with van der Waals surface area (Å²) >= 11 is 0.998. The van der Waals surface area contributed by atoms with Crippen molar-refractivity contribution in [2.24, 2.45) is 0 Å². The van der Waals surface area contributed by atoms with Gasteiger partial charge in [-0.1, -0.05) is 32.2 Å². The molecule has 0 radical (unpaired) electrons. The summed E-state index contributed by atoms with van der Waals surface area (Å²) in [6.45, 7) is 7.49. The van der Waals surface area contributed by atoms with Crippen LogP contribution in [0.3, 0.4) is 0 Å². The number of carbonyl (C=O) groups excluding carboxylic acids is 3. The van der Waals surface area contributed by atoms with Gasteiger partial charge >= 0.3 is 0 Å². The Morgan fingerprint density at radius 3 is 2.67 bits per heavy atom. The lowest BCUT2D eigenvalue weighted by Crippen LogP contribution is -2.59. The monoisotopic (exact) mass is 310 g/mol. The number of aromatic nitrogens is 2. The SMILES string of the molecule is CCC1C(=O)NC(=O)CN1C(=O)c1snnc1C(C)(C)C. The van der Waals surface area contributed by atoms with E-state index in [4.69, 9.17) is 0 Å². The molecule has 1 saturated heterocycles. The predicted octanol–water partition coefficient (Wildman–Crippen LogP) is 0.713. The standard InChI is InChI=1S/C13H18N4O3S/c1-5-7-11(19)14-8(18)6-17(7)12(20)9-10(13(2,3)4)15-16-21-9/h7H,5-6H2,1-4H3,(H,14,18,19). The molecule has 1 aromatic heterocycles. The third-order valence-electron chi connectivity index (χ3n) is 3.30. The van der Waals surface area contributed by atoms with Crippen molar-refractivity contribution >= 4 is 29.3 Å². The van der Waals surface area contributed by atoms with Gasteiger partial charge in [-0.3, -0.25) is 19.7 Å². The van der Waals surface area contributed by atoms with Gasteiger partial charge in [0.2, 0.25) is 11.8 Å². The number of carbonyl (C=O) groups is 3. The summed E-state index contributed by atoms with van der Waals surface area (Å²) < 4.78 is 3.85. The van der Waals surface area contributed by atoms with E-state index in [0.717, 1.165) is 11.5 Å². The molecule has 114 valence electrons. The van der Waals surface area contributed by atoms with E-state index >= 15 is 0 Å². The topological polar surface area (TPSA) is 92.3 Å². The minimum atomic E-state index is -0.634. The Morgan fingerprint density at radius 2 is 2.10 bits per heavy atom. The van der Waals surface area contributed by atoms with E-state index < -0.39 is 17.9 Å². The van der Waals surface area contributed by atoms with Crippen LogP contribution in [0.5, 0.6) is 0 Å². The Morgan fingerprint density at radius 1 is 1.43 bits per heavy atom. The van der Waals surface area contributed by atoms with E-state index in [0.29, 0.717) is 17.0 Å². The van der Waals surface area contributed by atoms with E-state index in [2.05, 4.69) is 14.9 Å². The second kappa shape index (κ2) is 5.51. The predicted molar refractivity (Wildman–Crippen MR) is 76.9 cm³/mol. The van der Waals surface area contributed by atoms with Crippen molar-refractivity contribution in [2.75, 3.05) is 6.54 Å². The number of hydrogen-bond acceptors (Lipinski definition) is 6. The zero-order chi connectivity index (χ0) is 15.8. The Labute approximate surface area is 126 Å². The van der Waals surface area contributed by atoms with E-state index in [1.165, 1.54) is 4.90 Å². The van der Waals surface area contributed by atoms with Gasteiger partial charge < -0.3 is 4.90 Å². The first-order valence-electron chi connectivity index (χ1n) is 6.73. The first-order chi connectivity index (χ1) is 9.75. The van der Waals surface area contributed by atoms with Crippen molar-refractivity contribution in [3.8, 4) is 0 Å². The molecule has 2 rings (SSSR count). The third kappa shape index (κ3) is 2.94. The van der Waals surface area contributed by atoms with E-state index in [1.54, 1.807) is 6.92 Å². The average molecular weight is 310 g/mol. The molecule has 21 heavy (non-hydrogen) atoms. The number of nitrogens with one attached hydrogen (secondary N) is 1. The molecule has 1 fully saturated rings. The lowest BCUT2D eigenvalue weighted by molar-refractivity contribution is -0.138. The van der Waals surface area contributed by atoms with Crippen LogP contribution in [0.2, 0.25) is 0 Å². The molecule has 2 heterocycles. The van der Waals surface area contributed by atoms with Crippen LogP contribution in [0.25, 0.3) is 0 Å². The second-order valence-electron chi connectivity index (χ2n) is 5.97. The molecule has 1 atom stereocenters. The molecule has 0 saturated carbocycles. The van der Waals surface area contributed by atoms with E-state index in [9.17, 15) is 14.4 Å². The van der Waals surface area contributed by atoms with Crippen LogP contribution < -0.4 is 5.32 Å². The molecule has 1 aliphatic rings. The first kappa shape index (κ1) is 15.6. The summed E-state index contributed by atoms with van der Waals surface area (Å²) in [5.41, 5.74) is 0.257. The molecule has 1 aromatic rings. The van der Waals surface area contributed by atoms with Crippen molar-refractivity contribution in [1.82, 2.24) is 19.8 Å². The van der Waals surface area contributed by atoms with Gasteiger partial charge in [-0.25, -0.2) is 0 Å². The minimum absolute atomic E-state index is 0.120. The van der Waals surface area contributed by atoms with Crippen LogP contribution >= 0.6 is 11.5 Å². The van der Waals surface area contributed by atoms with E-state index in [1.807, 2.05) is 20.8 Å². The van der Waals surface area contributed by atoms with Crippen molar-refractivity contribution in [1.29, 1.82) is 0 Å². The number of hydrogen-bond donors (Lipinski definition) is 1. The third-order valence-corrected chi connectivity index (χ3v) is 4.01. The zero-order valence-corrected chi connectivity index (χ0v) is 13.3. The molecule has 0 bridgehead atoms. The van der Waals surface area contributed by atoms with Gasteiger partial charge in [-0.2, -0.15) is 0 Å². The first-order valence-corrected chi connectivity index (χ1v) is 7.50. The summed E-state index contributed by atoms with van der Waals surface area (Å²) in [4.78, 5) is 37.8. The quantitative estimate of drug-likeness (QED) is 0.812. The largest absolute Gasteiger partial charge is 0.316 e. The fraction of sp³-hybridized carbons (Fsp3) is 0.615. The fourth-order valence-electron chi connectivity index (χ4n) is 2.24. The molecule has 0 spiro atoms. The fourth-order valence-corrected chi connectivity index (χ4v) is 3.07. The second-order valence-corrected chi connectivity index (χ2v) is 6.72. The number of imide groups is 1. The Bertz CT molecular complexity index is 590. The maximum Gasteiger partial charge on any atom is 0.268 e. The summed E-state index contributed by atoms with van der Waals surface area (Å²) in [7, 11) is 0. The molecule has 3 amide bonds. The lowest BCUT2D eigenvalue weighted by atomic mass is 9.91. The van der Waals surface area contributed by atoms with Crippen LogP contribution in [0, 0.1) is 0 Å². The van der Waals surface area contributed by atoms with Crippen LogP contribution in [-0.2, 0) is 15.0 Å². The lowest BCUT2D eigenvalue weighted by Gasteiger charge is -2.33. The molecule has 0 aliphatic carbocycles. The Balaban J connectivity index is 2.37. The van der Waals surface area contributed by atoms with Crippen molar-refractivity contribution < 1.29 is 14.4 Å².